The predicted molar refractivity (Wildman–Crippen MR) is 116 cm³/mol. The number of anilines is 1. The van der Waals surface area contributed by atoms with Crippen LogP contribution in [-0.4, -0.2) is 17.1 Å². The summed E-state index contributed by atoms with van der Waals surface area (Å²) in [5, 5.41) is 9.31. The number of carbonyl (C=O) groups is 2. The van der Waals surface area contributed by atoms with E-state index < -0.39 is 11.2 Å². The van der Waals surface area contributed by atoms with Gasteiger partial charge in [0, 0.05) is 5.69 Å². The number of hydrogen-bond acceptors (Lipinski definition) is 4. The summed E-state index contributed by atoms with van der Waals surface area (Å²) in [7, 11) is 0. The average Bonchev–Trinajstić information content (AvgIpc) is 3.04. The van der Waals surface area contributed by atoms with Gasteiger partial charge in [0.25, 0.3) is 5.91 Å². The predicted octanol–water partition coefficient (Wildman–Crippen LogP) is 3.94. The lowest BCUT2D eigenvalue weighted by Crippen LogP contribution is -2.31. The van der Waals surface area contributed by atoms with Crippen molar-refractivity contribution in [3.05, 3.63) is 76.3 Å². The maximum Gasteiger partial charge on any atom is 0.262 e. The van der Waals surface area contributed by atoms with Crippen molar-refractivity contribution < 1.29 is 9.59 Å². The van der Waals surface area contributed by atoms with Gasteiger partial charge in [0.05, 0.1) is 5.25 Å². The highest BCUT2D eigenvalue weighted by molar-refractivity contribution is 8.05. The first-order valence-corrected chi connectivity index (χ1v) is 10.5. The lowest BCUT2D eigenvalue weighted by molar-refractivity contribution is -0.117. The molecule has 0 radical (unpaired) electrons. The van der Waals surface area contributed by atoms with Crippen LogP contribution in [0.5, 0.6) is 0 Å². The largest absolute Gasteiger partial charge is 0.365 e. The monoisotopic (exact) mass is 405 g/mol. The van der Waals surface area contributed by atoms with Crippen molar-refractivity contribution >= 4 is 29.3 Å². The number of benzene rings is 2. The Hall–Kier alpha value is -3.04. The molecule has 0 aliphatic carbocycles. The summed E-state index contributed by atoms with van der Waals surface area (Å²) in [6.45, 7) is 2.17. The molecule has 0 bridgehead atoms. The van der Waals surface area contributed by atoms with Crippen LogP contribution in [0.25, 0.3) is 0 Å². The standard InChI is InChI=1S/C23H23N3O2S/c1-2-3-7-16-10-12-17(13-11-16)14-20-22(28)26(18-8-5-4-6-9-18)23(29-20)19(15-24)21(25)27/h4-6,8-13,20H,2-3,7,14H2,1H3,(H2,25,27)/b23-19+/t20-/m0/s1. The first-order valence-electron chi connectivity index (χ1n) is 9.62. The Labute approximate surface area is 175 Å². The van der Waals surface area contributed by atoms with Gasteiger partial charge in [-0.2, -0.15) is 5.26 Å². The molecule has 29 heavy (non-hydrogen) atoms. The maximum absolute atomic E-state index is 13.2. The van der Waals surface area contributed by atoms with E-state index in [1.165, 1.54) is 22.2 Å². The number of nitriles is 1. The molecule has 1 aliphatic rings. The van der Waals surface area contributed by atoms with E-state index in [0.717, 1.165) is 24.8 Å². The zero-order valence-corrected chi connectivity index (χ0v) is 17.1. The van der Waals surface area contributed by atoms with E-state index in [9.17, 15) is 14.9 Å². The summed E-state index contributed by atoms with van der Waals surface area (Å²) in [5.41, 5.74) is 8.15. The third kappa shape index (κ3) is 4.69. The molecule has 0 saturated carbocycles. The Bertz CT molecular complexity index is 962. The fourth-order valence-electron chi connectivity index (χ4n) is 3.25. The van der Waals surface area contributed by atoms with Gasteiger partial charge in [0.1, 0.15) is 16.7 Å². The number of thioether (sulfide) groups is 1. The van der Waals surface area contributed by atoms with Crippen LogP contribution in [-0.2, 0) is 22.4 Å². The second-order valence-corrected chi connectivity index (χ2v) is 8.09. The van der Waals surface area contributed by atoms with Gasteiger partial charge in [-0.15, -0.1) is 0 Å². The fourth-order valence-corrected chi connectivity index (χ4v) is 4.56. The minimum absolute atomic E-state index is 0.153. The number of amides is 2. The topological polar surface area (TPSA) is 87.2 Å². The number of primary amides is 1. The molecular weight excluding hydrogens is 382 g/mol. The molecule has 0 spiro atoms. The van der Waals surface area contributed by atoms with E-state index in [2.05, 4.69) is 19.1 Å². The van der Waals surface area contributed by atoms with Crippen molar-refractivity contribution in [2.75, 3.05) is 4.90 Å². The quantitative estimate of drug-likeness (QED) is 0.558. The van der Waals surface area contributed by atoms with Gasteiger partial charge in [-0.3, -0.25) is 14.5 Å². The lowest BCUT2D eigenvalue weighted by atomic mass is 10.0. The van der Waals surface area contributed by atoms with Gasteiger partial charge in [-0.05, 0) is 42.5 Å². The number of carbonyl (C=O) groups excluding carboxylic acids is 2. The number of aryl methyl sites for hydroxylation is 1. The molecule has 1 aliphatic heterocycles. The number of hydrogen-bond donors (Lipinski definition) is 1. The van der Waals surface area contributed by atoms with E-state index in [4.69, 9.17) is 5.73 Å². The highest BCUT2D eigenvalue weighted by atomic mass is 32.2. The summed E-state index contributed by atoms with van der Waals surface area (Å²) < 4.78 is 0. The summed E-state index contributed by atoms with van der Waals surface area (Å²) in [6.07, 6.45) is 3.87. The molecule has 6 heteroatoms. The Morgan fingerprint density at radius 3 is 2.38 bits per heavy atom. The normalized spacial score (nSPS) is 17.9. The molecule has 148 valence electrons. The van der Waals surface area contributed by atoms with Crippen LogP contribution in [0.4, 0.5) is 5.69 Å². The van der Waals surface area contributed by atoms with Crippen LogP contribution in [0.2, 0.25) is 0 Å². The Balaban J connectivity index is 1.89. The summed E-state index contributed by atoms with van der Waals surface area (Å²) in [4.78, 5) is 26.4. The van der Waals surface area contributed by atoms with Crippen molar-refractivity contribution in [3.63, 3.8) is 0 Å². The Morgan fingerprint density at radius 2 is 1.79 bits per heavy atom. The Kier molecular flexibility index (Phi) is 6.73. The molecule has 2 aromatic carbocycles. The smallest absolute Gasteiger partial charge is 0.262 e. The van der Waals surface area contributed by atoms with Gasteiger partial charge in [0.15, 0.2) is 0 Å². The molecule has 1 atom stereocenters. The van der Waals surface area contributed by atoms with Crippen molar-refractivity contribution in [3.8, 4) is 6.07 Å². The number of unbranched alkanes of at least 4 members (excludes halogenated alkanes) is 1. The molecule has 5 nitrogen and oxygen atoms in total. The minimum atomic E-state index is -0.829. The van der Waals surface area contributed by atoms with Crippen LogP contribution in [0, 0.1) is 11.3 Å². The van der Waals surface area contributed by atoms with Gasteiger partial charge in [-0.25, -0.2) is 0 Å². The first kappa shape index (κ1) is 20.7. The van der Waals surface area contributed by atoms with E-state index in [1.807, 2.05) is 36.4 Å². The van der Waals surface area contributed by atoms with Crippen molar-refractivity contribution in [1.29, 1.82) is 5.26 Å². The fraction of sp³-hybridized carbons (Fsp3) is 0.261. The van der Waals surface area contributed by atoms with Gasteiger partial charge in [-0.1, -0.05) is 67.6 Å². The number of nitrogens with two attached hydrogens (primary N) is 1. The van der Waals surface area contributed by atoms with E-state index >= 15 is 0 Å². The highest BCUT2D eigenvalue weighted by Gasteiger charge is 2.40. The second-order valence-electron chi connectivity index (χ2n) is 6.90. The molecular formula is C23H23N3O2S. The molecule has 0 aromatic heterocycles. The number of nitrogens with zero attached hydrogens (tertiary/aromatic N) is 2. The maximum atomic E-state index is 13.2. The number of rotatable bonds is 7. The first-order chi connectivity index (χ1) is 14.0. The molecule has 0 unspecified atom stereocenters. The summed E-state index contributed by atoms with van der Waals surface area (Å²) in [5.74, 6) is -0.982. The van der Waals surface area contributed by atoms with Crippen LogP contribution < -0.4 is 10.6 Å². The van der Waals surface area contributed by atoms with Crippen molar-refractivity contribution in [1.82, 2.24) is 0 Å². The van der Waals surface area contributed by atoms with Crippen LogP contribution in [0.3, 0.4) is 0 Å². The number of para-hydroxylation sites is 1. The highest BCUT2D eigenvalue weighted by Crippen LogP contribution is 2.41. The van der Waals surface area contributed by atoms with Crippen molar-refractivity contribution in [2.45, 2.75) is 37.9 Å². The minimum Gasteiger partial charge on any atom is -0.365 e. The van der Waals surface area contributed by atoms with E-state index in [-0.39, 0.29) is 11.5 Å². The Morgan fingerprint density at radius 1 is 1.14 bits per heavy atom. The van der Waals surface area contributed by atoms with Gasteiger partial charge < -0.3 is 5.73 Å². The summed E-state index contributed by atoms with van der Waals surface area (Å²) in [6, 6.07) is 19.2. The van der Waals surface area contributed by atoms with Crippen molar-refractivity contribution in [2.24, 2.45) is 5.73 Å². The molecule has 2 N–H and O–H groups in total. The zero-order valence-electron chi connectivity index (χ0n) is 16.3. The molecule has 2 amide bonds. The van der Waals surface area contributed by atoms with Gasteiger partial charge >= 0.3 is 0 Å². The third-order valence-electron chi connectivity index (χ3n) is 4.80. The summed E-state index contributed by atoms with van der Waals surface area (Å²) >= 11 is 1.23. The third-order valence-corrected chi connectivity index (χ3v) is 6.07. The molecule has 3 rings (SSSR count). The SMILES string of the molecule is CCCCc1ccc(C[C@@H]2S/C(=C(\C#N)C(N)=O)N(c3ccccc3)C2=O)cc1. The van der Waals surface area contributed by atoms with Gasteiger partial charge in [0.2, 0.25) is 5.91 Å². The van der Waals surface area contributed by atoms with Crippen LogP contribution in [0.15, 0.2) is 65.2 Å². The van der Waals surface area contributed by atoms with Crippen LogP contribution >= 0.6 is 11.8 Å². The second kappa shape index (κ2) is 9.44. The van der Waals surface area contributed by atoms with E-state index in [0.29, 0.717) is 17.1 Å². The average molecular weight is 406 g/mol. The zero-order chi connectivity index (χ0) is 20.8. The lowest BCUT2D eigenvalue weighted by Gasteiger charge is -2.18. The molecule has 1 fully saturated rings. The van der Waals surface area contributed by atoms with Crippen LogP contribution in [0.1, 0.15) is 30.9 Å². The molecule has 1 saturated heterocycles. The molecule has 2 aromatic rings. The molecule has 1 heterocycles. The van der Waals surface area contributed by atoms with E-state index in [1.54, 1.807) is 12.1 Å².